The quantitative estimate of drug-likeness (QED) is 0.689. The fraction of sp³-hybridized carbons (Fsp3) is 0. The van der Waals surface area contributed by atoms with Crippen molar-refractivity contribution in [2.24, 2.45) is 0 Å². The minimum atomic E-state index is -0.384. The molecule has 0 atom stereocenters. The van der Waals surface area contributed by atoms with E-state index in [1.807, 2.05) is 0 Å². The van der Waals surface area contributed by atoms with E-state index in [0.717, 1.165) is 11.8 Å². The van der Waals surface area contributed by atoms with Gasteiger partial charge < -0.3 is 0 Å². The van der Waals surface area contributed by atoms with E-state index in [9.17, 15) is 9.59 Å². The number of carbonyl (C=O) groups excluding carboxylic acids is 2. The van der Waals surface area contributed by atoms with Crippen LogP contribution in [0, 0.1) is 0 Å². The molecule has 0 saturated carbocycles. The van der Waals surface area contributed by atoms with Crippen molar-refractivity contribution in [1.29, 1.82) is 0 Å². The summed E-state index contributed by atoms with van der Waals surface area (Å²) in [6, 6.07) is 0. The van der Waals surface area contributed by atoms with Gasteiger partial charge in [0.05, 0.1) is 16.8 Å². The van der Waals surface area contributed by atoms with Gasteiger partial charge in [0.15, 0.2) is 0 Å². The van der Waals surface area contributed by atoms with Gasteiger partial charge in [-0.3, -0.25) is 24.9 Å². The molecule has 1 aromatic rings. The van der Waals surface area contributed by atoms with Crippen molar-refractivity contribution in [3.8, 4) is 0 Å². The molecule has 1 aromatic heterocycles. The van der Waals surface area contributed by atoms with Gasteiger partial charge in [0, 0.05) is 12.4 Å². The van der Waals surface area contributed by atoms with Crippen molar-refractivity contribution in [2.75, 3.05) is 0 Å². The highest BCUT2D eigenvalue weighted by molar-refractivity contribution is 8.18. The molecular weight excluding hydrogens is 202 g/mol. The minimum absolute atomic E-state index is 0.343. The summed E-state index contributed by atoms with van der Waals surface area (Å²) in [6.07, 6.45) is 6.10. The number of imide groups is 1. The van der Waals surface area contributed by atoms with Crippen LogP contribution in [0.25, 0.3) is 6.08 Å². The molecule has 6 heteroatoms. The van der Waals surface area contributed by atoms with E-state index in [0.29, 0.717) is 10.6 Å². The molecule has 1 N–H and O–H groups in total. The van der Waals surface area contributed by atoms with Gasteiger partial charge in [-0.1, -0.05) is 0 Å². The Hall–Kier alpha value is -1.69. The molecule has 0 aliphatic carbocycles. The predicted molar refractivity (Wildman–Crippen MR) is 51.1 cm³/mol. The third-order valence-electron chi connectivity index (χ3n) is 1.50. The number of thioether (sulfide) groups is 1. The third-order valence-corrected chi connectivity index (χ3v) is 2.31. The van der Waals surface area contributed by atoms with Gasteiger partial charge in [0.25, 0.3) is 11.1 Å². The topological polar surface area (TPSA) is 72.0 Å². The molecule has 1 saturated heterocycles. The second-order valence-corrected chi connectivity index (χ2v) is 3.50. The highest BCUT2D eigenvalue weighted by Crippen LogP contribution is 2.24. The number of amides is 2. The summed E-state index contributed by atoms with van der Waals surface area (Å²) in [5, 5.41) is 1.80. The fourth-order valence-electron chi connectivity index (χ4n) is 0.941. The first kappa shape index (κ1) is 8.89. The van der Waals surface area contributed by atoms with E-state index < -0.39 is 0 Å². The van der Waals surface area contributed by atoms with Crippen molar-refractivity contribution < 1.29 is 9.59 Å². The van der Waals surface area contributed by atoms with Crippen LogP contribution in [-0.2, 0) is 4.79 Å². The minimum Gasteiger partial charge on any atom is -0.282 e. The summed E-state index contributed by atoms with van der Waals surface area (Å²) in [5.41, 5.74) is 0.555. The second kappa shape index (κ2) is 3.59. The number of rotatable bonds is 1. The molecule has 1 aliphatic heterocycles. The molecule has 1 fully saturated rings. The number of carbonyl (C=O) groups is 2. The first-order valence-electron chi connectivity index (χ1n) is 3.76. The standard InChI is InChI=1S/C8H5N3O2S/c12-7-6(14-8(13)11-7)3-5-4-9-1-2-10-5/h1-4H,(H,11,12,13)/b6-3-. The number of nitrogens with one attached hydrogen (secondary N) is 1. The van der Waals surface area contributed by atoms with Crippen molar-refractivity contribution in [3.63, 3.8) is 0 Å². The lowest BCUT2D eigenvalue weighted by Gasteiger charge is -1.91. The molecule has 5 nitrogen and oxygen atoms in total. The zero-order valence-electron chi connectivity index (χ0n) is 6.93. The normalized spacial score (nSPS) is 18.7. The largest absolute Gasteiger partial charge is 0.290 e. The zero-order valence-corrected chi connectivity index (χ0v) is 7.75. The van der Waals surface area contributed by atoms with Crippen LogP contribution in [0.1, 0.15) is 5.69 Å². The Bertz CT molecular complexity index is 416. The molecule has 2 rings (SSSR count). The molecule has 0 spiro atoms. The van der Waals surface area contributed by atoms with Crippen molar-refractivity contribution in [1.82, 2.24) is 15.3 Å². The Labute approximate surface area is 83.6 Å². The maximum atomic E-state index is 11.1. The summed E-state index contributed by atoms with van der Waals surface area (Å²) in [4.78, 5) is 30.1. The van der Waals surface area contributed by atoms with Crippen molar-refractivity contribution in [2.45, 2.75) is 0 Å². The number of nitrogens with zero attached hydrogens (tertiary/aromatic N) is 2. The fourth-order valence-corrected chi connectivity index (χ4v) is 1.61. The van der Waals surface area contributed by atoms with Crippen LogP contribution in [0.5, 0.6) is 0 Å². The SMILES string of the molecule is O=C1NC(=O)/C(=C/c2cnccn2)S1. The second-order valence-electron chi connectivity index (χ2n) is 2.48. The van der Waals surface area contributed by atoms with Crippen LogP contribution >= 0.6 is 11.8 Å². The molecular formula is C8H5N3O2S. The third kappa shape index (κ3) is 1.80. The van der Waals surface area contributed by atoms with Crippen LogP contribution in [0.4, 0.5) is 4.79 Å². The van der Waals surface area contributed by atoms with Gasteiger partial charge in [-0.05, 0) is 17.8 Å². The van der Waals surface area contributed by atoms with Crippen LogP contribution in [0.15, 0.2) is 23.5 Å². The van der Waals surface area contributed by atoms with Gasteiger partial charge in [-0.15, -0.1) is 0 Å². The number of hydrogen-bond donors (Lipinski definition) is 1. The molecule has 14 heavy (non-hydrogen) atoms. The Morgan fingerprint density at radius 1 is 1.36 bits per heavy atom. The first-order valence-corrected chi connectivity index (χ1v) is 4.58. The van der Waals surface area contributed by atoms with Gasteiger partial charge in [-0.25, -0.2) is 0 Å². The molecule has 2 heterocycles. The summed E-state index contributed by atoms with van der Waals surface area (Å²) in [7, 11) is 0. The van der Waals surface area contributed by atoms with Crippen molar-refractivity contribution in [3.05, 3.63) is 29.2 Å². The van der Waals surface area contributed by atoms with Gasteiger partial charge >= 0.3 is 0 Å². The van der Waals surface area contributed by atoms with E-state index in [1.54, 1.807) is 0 Å². The predicted octanol–water partition coefficient (Wildman–Crippen LogP) is 0.800. The maximum absolute atomic E-state index is 11.1. The van der Waals surface area contributed by atoms with E-state index in [-0.39, 0.29) is 11.1 Å². The average Bonchev–Trinajstić information content (AvgIpc) is 2.47. The number of hydrogen-bond acceptors (Lipinski definition) is 5. The molecule has 2 amide bonds. The van der Waals surface area contributed by atoms with Crippen LogP contribution in [-0.4, -0.2) is 21.1 Å². The summed E-state index contributed by atoms with van der Waals surface area (Å²) >= 11 is 0.862. The number of aromatic nitrogens is 2. The molecule has 0 bridgehead atoms. The molecule has 1 aliphatic rings. The monoisotopic (exact) mass is 207 g/mol. The van der Waals surface area contributed by atoms with Crippen LogP contribution < -0.4 is 5.32 Å². The average molecular weight is 207 g/mol. The van der Waals surface area contributed by atoms with Gasteiger partial charge in [-0.2, -0.15) is 0 Å². The summed E-state index contributed by atoms with van der Waals surface area (Å²) in [5.74, 6) is -0.384. The Morgan fingerprint density at radius 3 is 2.79 bits per heavy atom. The lowest BCUT2D eigenvalue weighted by Crippen LogP contribution is -2.17. The van der Waals surface area contributed by atoms with Gasteiger partial charge in [0.1, 0.15) is 0 Å². The Kier molecular flexibility index (Phi) is 2.28. The van der Waals surface area contributed by atoms with E-state index in [2.05, 4.69) is 15.3 Å². The maximum Gasteiger partial charge on any atom is 0.290 e. The highest BCUT2D eigenvalue weighted by Gasteiger charge is 2.24. The van der Waals surface area contributed by atoms with Crippen molar-refractivity contribution >= 4 is 29.0 Å². The van der Waals surface area contributed by atoms with E-state index >= 15 is 0 Å². The summed E-state index contributed by atoms with van der Waals surface area (Å²) < 4.78 is 0. The van der Waals surface area contributed by atoms with Gasteiger partial charge in [0.2, 0.25) is 0 Å². The Morgan fingerprint density at radius 2 is 2.21 bits per heavy atom. The highest BCUT2D eigenvalue weighted by atomic mass is 32.2. The molecule has 0 radical (unpaired) electrons. The zero-order chi connectivity index (χ0) is 9.97. The molecule has 0 unspecified atom stereocenters. The molecule has 0 aromatic carbocycles. The van der Waals surface area contributed by atoms with Crippen LogP contribution in [0.3, 0.4) is 0 Å². The lowest BCUT2D eigenvalue weighted by atomic mass is 10.4. The Balaban J connectivity index is 2.28. The van der Waals surface area contributed by atoms with E-state index in [4.69, 9.17) is 0 Å². The smallest absolute Gasteiger partial charge is 0.282 e. The summed E-state index contributed by atoms with van der Waals surface area (Å²) in [6.45, 7) is 0. The van der Waals surface area contributed by atoms with E-state index in [1.165, 1.54) is 24.7 Å². The molecule has 70 valence electrons. The van der Waals surface area contributed by atoms with Crippen LogP contribution in [0.2, 0.25) is 0 Å². The first-order chi connectivity index (χ1) is 6.75. The lowest BCUT2D eigenvalue weighted by molar-refractivity contribution is -0.115.